The van der Waals surface area contributed by atoms with Gasteiger partial charge >= 0.3 is 0 Å². The molecule has 1 aromatic rings. The topological polar surface area (TPSA) is 78.5 Å². The number of benzene rings is 1. The molecular formula is C14H23Cl2N3O3S. The van der Waals surface area contributed by atoms with Gasteiger partial charge in [0.15, 0.2) is 9.84 Å². The van der Waals surface area contributed by atoms with Crippen LogP contribution in [0.15, 0.2) is 29.2 Å². The highest BCUT2D eigenvalue weighted by Crippen LogP contribution is 2.21. The van der Waals surface area contributed by atoms with Gasteiger partial charge in [-0.3, -0.25) is 9.69 Å². The summed E-state index contributed by atoms with van der Waals surface area (Å²) in [6.07, 6.45) is 1.14. The largest absolute Gasteiger partial charge is 0.324 e. The van der Waals surface area contributed by atoms with Crippen molar-refractivity contribution >= 4 is 46.2 Å². The number of halogens is 2. The van der Waals surface area contributed by atoms with E-state index in [0.717, 1.165) is 32.4 Å². The van der Waals surface area contributed by atoms with Gasteiger partial charge in [0.2, 0.25) is 5.91 Å². The van der Waals surface area contributed by atoms with E-state index in [-0.39, 0.29) is 41.7 Å². The number of piperazine rings is 1. The molecule has 1 unspecified atom stereocenters. The summed E-state index contributed by atoms with van der Waals surface area (Å²) >= 11 is 0. The average Bonchev–Trinajstić information content (AvgIpc) is 2.47. The third-order valence-electron chi connectivity index (χ3n) is 3.62. The van der Waals surface area contributed by atoms with Crippen LogP contribution in [0.2, 0.25) is 0 Å². The SMILES string of the molecule is CC(C(=O)Nc1ccccc1S(C)(=O)=O)N1CCNCC1.Cl.Cl. The van der Waals surface area contributed by atoms with E-state index in [0.29, 0.717) is 5.69 Å². The molecule has 1 aliphatic heterocycles. The number of hydrogen-bond donors (Lipinski definition) is 2. The summed E-state index contributed by atoms with van der Waals surface area (Å²) in [5.74, 6) is -0.187. The van der Waals surface area contributed by atoms with Crippen molar-refractivity contribution in [2.24, 2.45) is 0 Å². The highest BCUT2D eigenvalue weighted by Gasteiger charge is 2.24. The van der Waals surface area contributed by atoms with Crippen molar-refractivity contribution in [1.82, 2.24) is 10.2 Å². The molecule has 0 aromatic heterocycles. The second kappa shape index (κ2) is 9.44. The van der Waals surface area contributed by atoms with E-state index >= 15 is 0 Å². The highest BCUT2D eigenvalue weighted by atomic mass is 35.5. The van der Waals surface area contributed by atoms with Gasteiger partial charge in [0.25, 0.3) is 0 Å². The molecule has 1 atom stereocenters. The number of rotatable bonds is 4. The maximum Gasteiger partial charge on any atom is 0.241 e. The van der Waals surface area contributed by atoms with Crippen molar-refractivity contribution in [3.63, 3.8) is 0 Å². The quantitative estimate of drug-likeness (QED) is 0.815. The van der Waals surface area contributed by atoms with E-state index in [1.54, 1.807) is 18.2 Å². The Bertz CT molecular complexity index is 619. The van der Waals surface area contributed by atoms with Crippen LogP contribution < -0.4 is 10.6 Å². The van der Waals surface area contributed by atoms with Crippen LogP contribution in [-0.4, -0.2) is 57.7 Å². The number of hydrogen-bond acceptors (Lipinski definition) is 5. The Morgan fingerprint density at radius 2 is 1.78 bits per heavy atom. The average molecular weight is 384 g/mol. The zero-order valence-corrected chi connectivity index (χ0v) is 15.6. The molecule has 9 heteroatoms. The number of carbonyl (C=O) groups excluding carboxylic acids is 1. The number of nitrogens with one attached hydrogen (secondary N) is 2. The maximum absolute atomic E-state index is 12.3. The molecule has 2 N–H and O–H groups in total. The number of para-hydroxylation sites is 1. The number of amides is 1. The molecule has 0 aliphatic carbocycles. The number of nitrogens with zero attached hydrogens (tertiary/aromatic N) is 1. The standard InChI is InChI=1S/C14H21N3O3S.2ClH/c1-11(17-9-7-15-8-10-17)14(18)16-12-5-3-4-6-13(12)21(2,19)20;;/h3-6,11,15H,7-10H2,1-2H3,(H,16,18);2*1H. The third-order valence-corrected chi connectivity index (χ3v) is 4.78. The van der Waals surface area contributed by atoms with Gasteiger partial charge in [-0.2, -0.15) is 0 Å². The molecule has 0 spiro atoms. The van der Waals surface area contributed by atoms with Crippen LogP contribution in [0.3, 0.4) is 0 Å². The van der Waals surface area contributed by atoms with Crippen LogP contribution in [0.1, 0.15) is 6.92 Å². The first-order chi connectivity index (χ1) is 9.89. The molecule has 6 nitrogen and oxygen atoms in total. The minimum Gasteiger partial charge on any atom is -0.324 e. The van der Waals surface area contributed by atoms with E-state index in [4.69, 9.17) is 0 Å². The normalized spacial score (nSPS) is 16.6. The van der Waals surface area contributed by atoms with Gasteiger partial charge in [-0.15, -0.1) is 24.8 Å². The van der Waals surface area contributed by atoms with Crippen LogP contribution in [0, 0.1) is 0 Å². The van der Waals surface area contributed by atoms with Gasteiger partial charge in [0.1, 0.15) is 0 Å². The Kier molecular flexibility index (Phi) is 9.09. The lowest BCUT2D eigenvalue weighted by Crippen LogP contribution is -2.51. The highest BCUT2D eigenvalue weighted by molar-refractivity contribution is 7.90. The Labute approximate surface area is 149 Å². The van der Waals surface area contributed by atoms with E-state index < -0.39 is 9.84 Å². The summed E-state index contributed by atoms with van der Waals surface area (Å²) in [6, 6.07) is 6.17. The lowest BCUT2D eigenvalue weighted by molar-refractivity contribution is -0.121. The van der Waals surface area contributed by atoms with Gasteiger partial charge < -0.3 is 10.6 Å². The zero-order valence-electron chi connectivity index (χ0n) is 13.1. The van der Waals surface area contributed by atoms with Gasteiger partial charge in [-0.25, -0.2) is 8.42 Å². The second-order valence-corrected chi connectivity index (χ2v) is 7.20. The summed E-state index contributed by atoms with van der Waals surface area (Å²) in [5.41, 5.74) is 0.340. The fourth-order valence-corrected chi connectivity index (χ4v) is 3.21. The van der Waals surface area contributed by atoms with Crippen LogP contribution in [0.4, 0.5) is 5.69 Å². The van der Waals surface area contributed by atoms with E-state index in [1.165, 1.54) is 6.07 Å². The van der Waals surface area contributed by atoms with Crippen molar-refractivity contribution in [2.45, 2.75) is 17.9 Å². The van der Waals surface area contributed by atoms with Gasteiger partial charge in [-0.05, 0) is 19.1 Å². The maximum atomic E-state index is 12.3. The molecule has 1 saturated heterocycles. The molecule has 2 rings (SSSR count). The molecular weight excluding hydrogens is 361 g/mol. The summed E-state index contributed by atoms with van der Waals surface area (Å²) in [5, 5.41) is 5.97. The fourth-order valence-electron chi connectivity index (χ4n) is 2.37. The number of anilines is 1. The summed E-state index contributed by atoms with van der Waals surface area (Å²) in [4.78, 5) is 14.5. The minimum atomic E-state index is -3.37. The lowest BCUT2D eigenvalue weighted by atomic mass is 10.2. The predicted octanol–water partition coefficient (Wildman–Crippen LogP) is 1.17. The Morgan fingerprint density at radius 1 is 1.22 bits per heavy atom. The summed E-state index contributed by atoms with van der Waals surface area (Å²) in [6.45, 7) is 5.17. The molecule has 1 amide bonds. The van der Waals surface area contributed by atoms with Gasteiger partial charge in [-0.1, -0.05) is 12.1 Å². The first-order valence-corrected chi connectivity index (χ1v) is 8.83. The van der Waals surface area contributed by atoms with Crippen LogP contribution >= 0.6 is 24.8 Å². The van der Waals surface area contributed by atoms with Crippen molar-refractivity contribution in [2.75, 3.05) is 37.8 Å². The smallest absolute Gasteiger partial charge is 0.241 e. The van der Waals surface area contributed by atoms with Crippen LogP contribution in [0.25, 0.3) is 0 Å². The van der Waals surface area contributed by atoms with E-state index in [2.05, 4.69) is 15.5 Å². The van der Waals surface area contributed by atoms with E-state index in [1.807, 2.05) is 6.92 Å². The monoisotopic (exact) mass is 383 g/mol. The first-order valence-electron chi connectivity index (χ1n) is 6.94. The van der Waals surface area contributed by atoms with Gasteiger partial charge in [0.05, 0.1) is 16.6 Å². The lowest BCUT2D eigenvalue weighted by Gasteiger charge is -2.31. The number of carbonyl (C=O) groups is 1. The van der Waals surface area contributed by atoms with Crippen molar-refractivity contribution < 1.29 is 13.2 Å². The molecule has 1 aromatic carbocycles. The predicted molar refractivity (Wildman–Crippen MR) is 96.6 cm³/mol. The van der Waals surface area contributed by atoms with E-state index in [9.17, 15) is 13.2 Å². The van der Waals surface area contributed by atoms with Crippen molar-refractivity contribution in [3.8, 4) is 0 Å². The molecule has 132 valence electrons. The van der Waals surface area contributed by atoms with Gasteiger partial charge in [0, 0.05) is 32.4 Å². The Hall–Kier alpha value is -0.860. The molecule has 1 aliphatic rings. The Morgan fingerprint density at radius 3 is 2.35 bits per heavy atom. The first kappa shape index (κ1) is 22.1. The molecule has 0 saturated carbocycles. The summed E-state index contributed by atoms with van der Waals surface area (Å²) < 4.78 is 23.5. The minimum absolute atomic E-state index is 0. The van der Waals surface area contributed by atoms with Crippen molar-refractivity contribution in [3.05, 3.63) is 24.3 Å². The zero-order chi connectivity index (χ0) is 15.5. The van der Waals surface area contributed by atoms with Crippen LogP contribution in [0.5, 0.6) is 0 Å². The third kappa shape index (κ3) is 5.93. The number of sulfone groups is 1. The molecule has 0 radical (unpaired) electrons. The molecule has 0 bridgehead atoms. The van der Waals surface area contributed by atoms with Crippen LogP contribution in [-0.2, 0) is 14.6 Å². The Balaban J connectivity index is 0.00000242. The summed E-state index contributed by atoms with van der Waals surface area (Å²) in [7, 11) is -3.37. The molecule has 1 heterocycles. The molecule has 23 heavy (non-hydrogen) atoms. The molecule has 1 fully saturated rings. The second-order valence-electron chi connectivity index (χ2n) is 5.22. The fraction of sp³-hybridized carbons (Fsp3) is 0.500. The van der Waals surface area contributed by atoms with Crippen molar-refractivity contribution in [1.29, 1.82) is 0 Å².